The largest absolute Gasteiger partial charge is 0.326 e. The second-order valence-electron chi connectivity index (χ2n) is 7.16. The molecular formula is C22H22N4O3. The Morgan fingerprint density at radius 2 is 1.97 bits per heavy atom. The van der Waals surface area contributed by atoms with E-state index >= 15 is 0 Å². The van der Waals surface area contributed by atoms with Crippen LogP contribution in [0.2, 0.25) is 0 Å². The molecule has 29 heavy (non-hydrogen) atoms. The number of para-hydroxylation sites is 1. The molecule has 148 valence electrons. The molecule has 2 amide bonds. The van der Waals surface area contributed by atoms with Crippen molar-refractivity contribution in [2.45, 2.75) is 25.7 Å². The van der Waals surface area contributed by atoms with Crippen LogP contribution in [0.25, 0.3) is 10.9 Å². The maximum Gasteiger partial charge on any atom is 0.261 e. The number of rotatable bonds is 5. The number of nitrogens with zero attached hydrogens (tertiary/aromatic N) is 3. The molecule has 0 saturated carbocycles. The highest BCUT2D eigenvalue weighted by atomic mass is 16.2. The molecule has 2 aromatic carbocycles. The maximum absolute atomic E-state index is 12.5. The van der Waals surface area contributed by atoms with E-state index in [0.29, 0.717) is 41.8 Å². The highest BCUT2D eigenvalue weighted by molar-refractivity contribution is 5.97. The topological polar surface area (TPSA) is 84.3 Å². The van der Waals surface area contributed by atoms with Gasteiger partial charge in [-0.05, 0) is 36.8 Å². The molecule has 0 unspecified atom stereocenters. The Kier molecular flexibility index (Phi) is 5.12. The number of fused-ring (bicyclic) bond motifs is 1. The van der Waals surface area contributed by atoms with Crippen LogP contribution in [0.4, 0.5) is 11.4 Å². The van der Waals surface area contributed by atoms with E-state index in [-0.39, 0.29) is 23.8 Å². The first-order valence-electron chi connectivity index (χ1n) is 9.68. The number of nitrogens with one attached hydrogen (secondary N) is 1. The summed E-state index contributed by atoms with van der Waals surface area (Å²) in [5.41, 5.74) is 1.96. The minimum atomic E-state index is -0.169. The lowest BCUT2D eigenvalue weighted by Gasteiger charge is -2.16. The number of aryl methyl sites for hydroxylation is 1. The van der Waals surface area contributed by atoms with Crippen molar-refractivity contribution in [1.82, 2.24) is 9.55 Å². The average molecular weight is 390 g/mol. The fraction of sp³-hybridized carbons (Fsp3) is 0.273. The third-order valence-electron chi connectivity index (χ3n) is 5.17. The third kappa shape index (κ3) is 3.89. The van der Waals surface area contributed by atoms with Crippen LogP contribution < -0.4 is 15.8 Å². The van der Waals surface area contributed by atoms with Crippen LogP contribution in [0, 0.1) is 0 Å². The molecule has 1 fully saturated rings. The molecule has 1 aromatic heterocycles. The van der Waals surface area contributed by atoms with Gasteiger partial charge in [-0.2, -0.15) is 0 Å². The van der Waals surface area contributed by atoms with Gasteiger partial charge in [0, 0.05) is 44.2 Å². The summed E-state index contributed by atoms with van der Waals surface area (Å²) in [6, 6.07) is 14.5. The lowest BCUT2D eigenvalue weighted by molar-refractivity contribution is -0.117. The van der Waals surface area contributed by atoms with E-state index in [2.05, 4.69) is 10.3 Å². The summed E-state index contributed by atoms with van der Waals surface area (Å²) in [5, 5.41) is 3.44. The Morgan fingerprint density at radius 3 is 2.76 bits per heavy atom. The normalized spacial score (nSPS) is 13.8. The van der Waals surface area contributed by atoms with Crippen LogP contribution in [0.5, 0.6) is 0 Å². The standard InChI is InChI=1S/C22H22N4O3/c1-25-19(24-18-9-3-2-8-17(18)22(25)29)11-12-20(27)23-15-6-4-7-16(14-15)26-13-5-10-21(26)28/h2-4,6-9,14H,5,10-13H2,1H3,(H,23,27). The van der Waals surface area contributed by atoms with E-state index in [4.69, 9.17) is 0 Å². The first-order chi connectivity index (χ1) is 14.0. The Morgan fingerprint density at radius 1 is 1.14 bits per heavy atom. The van der Waals surface area contributed by atoms with Gasteiger partial charge < -0.3 is 10.2 Å². The zero-order chi connectivity index (χ0) is 20.4. The molecule has 7 heteroatoms. The number of aromatic nitrogens is 2. The molecule has 1 N–H and O–H groups in total. The van der Waals surface area contributed by atoms with Crippen LogP contribution in [0.3, 0.4) is 0 Å². The summed E-state index contributed by atoms with van der Waals surface area (Å²) < 4.78 is 1.50. The summed E-state index contributed by atoms with van der Waals surface area (Å²) in [6.07, 6.45) is 1.97. The van der Waals surface area contributed by atoms with Crippen molar-refractivity contribution in [2.75, 3.05) is 16.8 Å². The van der Waals surface area contributed by atoms with E-state index in [1.54, 1.807) is 30.1 Å². The van der Waals surface area contributed by atoms with Crippen LogP contribution in [0.1, 0.15) is 25.1 Å². The Bertz CT molecular complexity index is 1150. The molecule has 4 rings (SSSR count). The predicted octanol–water partition coefficient (Wildman–Crippen LogP) is 2.63. The highest BCUT2D eigenvalue weighted by Crippen LogP contribution is 2.24. The fourth-order valence-corrected chi connectivity index (χ4v) is 3.61. The van der Waals surface area contributed by atoms with Crippen LogP contribution in [-0.2, 0) is 23.1 Å². The Balaban J connectivity index is 1.45. The number of hydrogen-bond donors (Lipinski definition) is 1. The van der Waals surface area contributed by atoms with E-state index in [0.717, 1.165) is 12.1 Å². The van der Waals surface area contributed by atoms with Crippen LogP contribution in [-0.4, -0.2) is 27.9 Å². The summed E-state index contributed by atoms with van der Waals surface area (Å²) in [4.78, 5) is 43.1. The van der Waals surface area contributed by atoms with Gasteiger partial charge in [0.15, 0.2) is 0 Å². The Hall–Kier alpha value is -3.48. The number of hydrogen-bond acceptors (Lipinski definition) is 4. The maximum atomic E-state index is 12.5. The van der Waals surface area contributed by atoms with Crippen molar-refractivity contribution in [3.05, 3.63) is 64.7 Å². The SMILES string of the molecule is Cn1c(CCC(=O)Nc2cccc(N3CCCC3=O)c2)nc2ccccc2c1=O. The predicted molar refractivity (Wildman–Crippen MR) is 112 cm³/mol. The van der Waals surface area contributed by atoms with Gasteiger partial charge in [0.2, 0.25) is 11.8 Å². The molecule has 1 aliphatic rings. The summed E-state index contributed by atoms with van der Waals surface area (Å²) in [7, 11) is 1.67. The molecule has 2 heterocycles. The van der Waals surface area contributed by atoms with Gasteiger partial charge in [-0.15, -0.1) is 0 Å². The number of benzene rings is 2. The minimum Gasteiger partial charge on any atom is -0.326 e. The second-order valence-corrected chi connectivity index (χ2v) is 7.16. The van der Waals surface area contributed by atoms with Gasteiger partial charge in [-0.25, -0.2) is 4.98 Å². The van der Waals surface area contributed by atoms with Crippen molar-refractivity contribution in [3.8, 4) is 0 Å². The number of amides is 2. The van der Waals surface area contributed by atoms with Crippen molar-refractivity contribution in [2.24, 2.45) is 7.05 Å². The molecule has 0 bridgehead atoms. The van der Waals surface area contributed by atoms with Crippen LogP contribution >= 0.6 is 0 Å². The fourth-order valence-electron chi connectivity index (χ4n) is 3.61. The Labute approximate surface area is 168 Å². The molecule has 7 nitrogen and oxygen atoms in total. The molecule has 0 radical (unpaired) electrons. The quantitative estimate of drug-likeness (QED) is 0.726. The number of carbonyl (C=O) groups excluding carboxylic acids is 2. The van der Waals surface area contributed by atoms with E-state index in [9.17, 15) is 14.4 Å². The third-order valence-corrected chi connectivity index (χ3v) is 5.17. The zero-order valence-electron chi connectivity index (χ0n) is 16.2. The molecule has 0 spiro atoms. The first kappa shape index (κ1) is 18.9. The summed E-state index contributed by atoms with van der Waals surface area (Å²) >= 11 is 0. The molecule has 0 atom stereocenters. The lowest BCUT2D eigenvalue weighted by Crippen LogP contribution is -2.24. The van der Waals surface area contributed by atoms with E-state index in [1.807, 2.05) is 30.3 Å². The molecule has 1 saturated heterocycles. The lowest BCUT2D eigenvalue weighted by atomic mass is 10.2. The number of carbonyl (C=O) groups is 2. The zero-order valence-corrected chi connectivity index (χ0v) is 16.2. The van der Waals surface area contributed by atoms with Gasteiger partial charge in [0.25, 0.3) is 5.56 Å². The van der Waals surface area contributed by atoms with Gasteiger partial charge in [-0.1, -0.05) is 18.2 Å². The summed E-state index contributed by atoms with van der Waals surface area (Å²) in [6.45, 7) is 0.706. The van der Waals surface area contributed by atoms with Crippen molar-refractivity contribution in [1.29, 1.82) is 0 Å². The second kappa shape index (κ2) is 7.87. The van der Waals surface area contributed by atoms with Gasteiger partial charge in [0.05, 0.1) is 10.9 Å². The van der Waals surface area contributed by atoms with E-state index in [1.165, 1.54) is 4.57 Å². The summed E-state index contributed by atoms with van der Waals surface area (Å²) in [5.74, 6) is 0.509. The minimum absolute atomic E-state index is 0.108. The van der Waals surface area contributed by atoms with Gasteiger partial charge >= 0.3 is 0 Å². The molecule has 0 aliphatic carbocycles. The smallest absolute Gasteiger partial charge is 0.261 e. The average Bonchev–Trinajstić information content (AvgIpc) is 3.16. The van der Waals surface area contributed by atoms with Crippen molar-refractivity contribution < 1.29 is 9.59 Å². The molecule has 1 aliphatic heterocycles. The number of anilines is 2. The van der Waals surface area contributed by atoms with E-state index < -0.39 is 0 Å². The first-order valence-corrected chi connectivity index (χ1v) is 9.68. The molecular weight excluding hydrogens is 368 g/mol. The van der Waals surface area contributed by atoms with Crippen molar-refractivity contribution in [3.63, 3.8) is 0 Å². The monoisotopic (exact) mass is 390 g/mol. The van der Waals surface area contributed by atoms with Crippen LogP contribution in [0.15, 0.2) is 53.3 Å². The van der Waals surface area contributed by atoms with Gasteiger partial charge in [0.1, 0.15) is 5.82 Å². The van der Waals surface area contributed by atoms with Gasteiger partial charge in [-0.3, -0.25) is 19.0 Å². The van der Waals surface area contributed by atoms with Crippen molar-refractivity contribution >= 4 is 34.1 Å². The highest BCUT2D eigenvalue weighted by Gasteiger charge is 2.21. The molecule has 3 aromatic rings.